The Morgan fingerprint density at radius 2 is 1.57 bits per heavy atom. The molecule has 0 unspecified atom stereocenters. The summed E-state index contributed by atoms with van der Waals surface area (Å²) in [6.07, 6.45) is 0.267. The fraction of sp³-hybridized carbons (Fsp3) is 0.444. The van der Waals surface area contributed by atoms with Gasteiger partial charge in [-0.2, -0.15) is 0 Å². The van der Waals surface area contributed by atoms with Crippen molar-refractivity contribution in [2.24, 2.45) is 5.73 Å². The minimum absolute atomic E-state index is 0.111. The number of nitrogens with one attached hydrogen (secondary N) is 2. The van der Waals surface area contributed by atoms with Crippen LogP contribution in [0.15, 0.2) is 24.3 Å². The highest BCUT2D eigenvalue weighted by Crippen LogP contribution is 2.10. The van der Waals surface area contributed by atoms with Crippen molar-refractivity contribution in [2.45, 2.75) is 19.4 Å². The number of carbonyl (C=O) groups is 4. The summed E-state index contributed by atoms with van der Waals surface area (Å²) in [6, 6.07) is 6.77. The van der Waals surface area contributed by atoms with Crippen molar-refractivity contribution in [2.75, 3.05) is 38.3 Å². The molecule has 0 aliphatic carbocycles. The van der Waals surface area contributed by atoms with Crippen LogP contribution >= 0.6 is 0 Å². The number of primary amides is 1. The van der Waals surface area contributed by atoms with Crippen LogP contribution < -0.4 is 16.4 Å². The van der Waals surface area contributed by atoms with Crippen LogP contribution in [0.5, 0.6) is 0 Å². The van der Waals surface area contributed by atoms with Crippen molar-refractivity contribution < 1.29 is 33.4 Å². The molecule has 0 bridgehead atoms. The number of carbonyl (C=O) groups excluding carboxylic acids is 4. The molecule has 0 aromatic heterocycles. The zero-order valence-electron chi connectivity index (χ0n) is 15.5. The average Bonchev–Trinajstić information content (AvgIpc) is 2.67. The smallest absolute Gasteiger partial charge is 0.293 e. The first-order chi connectivity index (χ1) is 13.5. The quantitative estimate of drug-likeness (QED) is 0.273. The van der Waals surface area contributed by atoms with Crippen LogP contribution in [0.4, 0.5) is 5.69 Å². The van der Waals surface area contributed by atoms with Gasteiger partial charge < -0.3 is 30.6 Å². The van der Waals surface area contributed by atoms with E-state index < -0.39 is 5.91 Å². The van der Waals surface area contributed by atoms with Gasteiger partial charge in [0.05, 0.1) is 33.0 Å². The van der Waals surface area contributed by atoms with Gasteiger partial charge in [0.2, 0.25) is 17.7 Å². The number of benzene rings is 1. The van der Waals surface area contributed by atoms with E-state index in [2.05, 4.69) is 15.4 Å². The number of amides is 3. The molecule has 4 N–H and O–H groups in total. The predicted molar refractivity (Wildman–Crippen MR) is 99.0 cm³/mol. The van der Waals surface area contributed by atoms with Crippen LogP contribution in [-0.4, -0.2) is 57.2 Å². The molecule has 0 fully saturated rings. The van der Waals surface area contributed by atoms with E-state index in [0.717, 1.165) is 5.56 Å². The van der Waals surface area contributed by atoms with Gasteiger partial charge in [0, 0.05) is 18.5 Å². The highest BCUT2D eigenvalue weighted by atomic mass is 16.5. The molecule has 0 aliphatic rings. The molecule has 0 saturated carbocycles. The number of hydrogen-bond donors (Lipinski definition) is 3. The summed E-state index contributed by atoms with van der Waals surface area (Å²) >= 11 is 0. The summed E-state index contributed by atoms with van der Waals surface area (Å²) < 4.78 is 15.0. The van der Waals surface area contributed by atoms with E-state index >= 15 is 0 Å². The van der Waals surface area contributed by atoms with Crippen molar-refractivity contribution in [3.8, 4) is 0 Å². The SMILES string of the molecule is NC(=O)CCOCCOCCC(=O)NCC(=O)Nc1ccc(COC=O)cc1. The maximum atomic E-state index is 11.8. The van der Waals surface area contributed by atoms with Crippen LogP contribution in [0.25, 0.3) is 0 Å². The largest absolute Gasteiger partial charge is 0.463 e. The highest BCUT2D eigenvalue weighted by molar-refractivity contribution is 5.94. The van der Waals surface area contributed by atoms with Crippen LogP contribution in [0.3, 0.4) is 0 Å². The summed E-state index contributed by atoms with van der Waals surface area (Å²) in [6.45, 7) is 1.39. The topological polar surface area (TPSA) is 146 Å². The van der Waals surface area contributed by atoms with Gasteiger partial charge in [0.15, 0.2) is 0 Å². The summed E-state index contributed by atoms with van der Waals surface area (Å²) in [5.41, 5.74) is 6.32. The van der Waals surface area contributed by atoms with E-state index in [1.165, 1.54) is 0 Å². The molecule has 28 heavy (non-hydrogen) atoms. The van der Waals surface area contributed by atoms with Crippen molar-refractivity contribution in [1.82, 2.24) is 5.32 Å². The van der Waals surface area contributed by atoms with Crippen molar-refractivity contribution >= 4 is 29.9 Å². The van der Waals surface area contributed by atoms with Crippen LogP contribution in [0.1, 0.15) is 18.4 Å². The van der Waals surface area contributed by atoms with Gasteiger partial charge in [-0.1, -0.05) is 12.1 Å². The fourth-order valence-electron chi connectivity index (χ4n) is 1.95. The summed E-state index contributed by atoms with van der Waals surface area (Å²) in [4.78, 5) is 44.1. The lowest BCUT2D eigenvalue weighted by Gasteiger charge is -2.08. The second-order valence-electron chi connectivity index (χ2n) is 5.62. The minimum Gasteiger partial charge on any atom is -0.463 e. The molecule has 10 heteroatoms. The number of rotatable bonds is 15. The molecule has 1 aromatic rings. The molecule has 3 amide bonds. The van der Waals surface area contributed by atoms with Crippen LogP contribution in [0, 0.1) is 0 Å². The fourth-order valence-corrected chi connectivity index (χ4v) is 1.95. The van der Waals surface area contributed by atoms with E-state index in [9.17, 15) is 19.2 Å². The summed E-state index contributed by atoms with van der Waals surface area (Å²) in [7, 11) is 0. The Labute approximate surface area is 162 Å². The number of ether oxygens (including phenoxy) is 3. The Morgan fingerprint density at radius 1 is 0.929 bits per heavy atom. The number of hydrogen-bond acceptors (Lipinski definition) is 7. The zero-order valence-corrected chi connectivity index (χ0v) is 15.5. The summed E-state index contributed by atoms with van der Waals surface area (Å²) in [5, 5.41) is 5.13. The second kappa shape index (κ2) is 14.1. The normalized spacial score (nSPS) is 10.1. The Morgan fingerprint density at radius 3 is 2.18 bits per heavy atom. The van der Waals surface area contributed by atoms with Gasteiger partial charge in [-0.25, -0.2) is 0 Å². The Bertz CT molecular complexity index is 635. The summed E-state index contributed by atoms with van der Waals surface area (Å²) in [5.74, 6) is -1.11. The lowest BCUT2D eigenvalue weighted by atomic mass is 10.2. The lowest BCUT2D eigenvalue weighted by Crippen LogP contribution is -2.33. The van der Waals surface area contributed by atoms with E-state index in [4.69, 9.17) is 15.2 Å². The third-order valence-electron chi connectivity index (χ3n) is 3.34. The molecule has 0 radical (unpaired) electrons. The molecular weight excluding hydrogens is 370 g/mol. The first kappa shape index (κ1) is 23.1. The standard InChI is InChI=1S/C18H25N3O7/c19-16(23)5-7-26-9-10-27-8-6-17(24)20-11-18(25)21-15-3-1-14(2-4-15)12-28-13-22/h1-4,13H,5-12H2,(H2,19,23)(H,20,24)(H,21,25). The minimum atomic E-state index is -0.428. The molecule has 1 aromatic carbocycles. The third-order valence-corrected chi connectivity index (χ3v) is 3.34. The predicted octanol–water partition coefficient (Wildman–Crippen LogP) is -0.287. The molecular formula is C18H25N3O7. The van der Waals surface area contributed by atoms with Gasteiger partial charge in [-0.3, -0.25) is 19.2 Å². The molecule has 154 valence electrons. The van der Waals surface area contributed by atoms with Gasteiger partial charge in [0.1, 0.15) is 6.61 Å². The van der Waals surface area contributed by atoms with E-state index in [1.54, 1.807) is 24.3 Å². The maximum Gasteiger partial charge on any atom is 0.293 e. The van der Waals surface area contributed by atoms with E-state index in [1.807, 2.05) is 0 Å². The monoisotopic (exact) mass is 395 g/mol. The molecule has 10 nitrogen and oxygen atoms in total. The Hall–Kier alpha value is -2.98. The molecule has 0 atom stereocenters. The van der Waals surface area contributed by atoms with E-state index in [-0.39, 0.29) is 51.0 Å². The Balaban J connectivity index is 2.08. The van der Waals surface area contributed by atoms with E-state index in [0.29, 0.717) is 25.4 Å². The molecule has 0 saturated heterocycles. The van der Waals surface area contributed by atoms with Crippen molar-refractivity contribution in [1.29, 1.82) is 0 Å². The van der Waals surface area contributed by atoms with Crippen molar-refractivity contribution in [3.05, 3.63) is 29.8 Å². The molecule has 0 spiro atoms. The molecule has 1 rings (SSSR count). The number of nitrogens with two attached hydrogens (primary N) is 1. The van der Waals surface area contributed by atoms with Crippen molar-refractivity contribution in [3.63, 3.8) is 0 Å². The second-order valence-corrected chi connectivity index (χ2v) is 5.62. The highest BCUT2D eigenvalue weighted by Gasteiger charge is 2.06. The van der Waals surface area contributed by atoms with Gasteiger partial charge in [0.25, 0.3) is 6.47 Å². The lowest BCUT2D eigenvalue weighted by molar-refractivity contribution is -0.129. The molecule has 0 heterocycles. The average molecular weight is 395 g/mol. The maximum absolute atomic E-state index is 11.8. The van der Waals surface area contributed by atoms with Crippen LogP contribution in [0.2, 0.25) is 0 Å². The first-order valence-electron chi connectivity index (χ1n) is 8.65. The third kappa shape index (κ3) is 11.6. The molecule has 0 aliphatic heterocycles. The first-order valence-corrected chi connectivity index (χ1v) is 8.65. The van der Waals surface area contributed by atoms with Gasteiger partial charge in [-0.05, 0) is 17.7 Å². The van der Waals surface area contributed by atoms with Gasteiger partial charge in [-0.15, -0.1) is 0 Å². The number of anilines is 1. The van der Waals surface area contributed by atoms with Crippen LogP contribution in [-0.2, 0) is 40.0 Å². The Kier molecular flexibility index (Phi) is 11.6. The van der Waals surface area contributed by atoms with Gasteiger partial charge >= 0.3 is 0 Å². The zero-order chi connectivity index (χ0) is 20.6.